The Morgan fingerprint density at radius 2 is 1.86 bits per heavy atom. The number of fused-ring (bicyclic) bond motifs is 1. The number of thiophene rings is 1. The van der Waals surface area contributed by atoms with E-state index < -0.39 is 0 Å². The van der Waals surface area contributed by atoms with E-state index in [4.69, 9.17) is 9.40 Å². The molecule has 0 unspecified atom stereocenters. The van der Waals surface area contributed by atoms with Crippen LogP contribution in [-0.4, -0.2) is 20.3 Å². The number of pyridine rings is 1. The van der Waals surface area contributed by atoms with Crippen LogP contribution in [0.25, 0.3) is 27.7 Å². The lowest BCUT2D eigenvalue weighted by atomic mass is 10.1. The third-order valence-electron chi connectivity index (χ3n) is 4.55. The lowest BCUT2D eigenvalue weighted by Crippen LogP contribution is -2.15. The zero-order chi connectivity index (χ0) is 19.8. The summed E-state index contributed by atoms with van der Waals surface area (Å²) < 4.78 is 7.57. The summed E-state index contributed by atoms with van der Waals surface area (Å²) >= 11 is 1.51. The predicted octanol–water partition coefficient (Wildman–Crippen LogP) is 5.28. The average molecular weight is 400 g/mol. The van der Waals surface area contributed by atoms with Gasteiger partial charge in [-0.1, -0.05) is 42.5 Å². The number of hydrogen-bond acceptors (Lipinski definition) is 5. The van der Waals surface area contributed by atoms with Gasteiger partial charge in [0, 0.05) is 11.8 Å². The van der Waals surface area contributed by atoms with Crippen molar-refractivity contribution < 1.29 is 9.21 Å². The van der Waals surface area contributed by atoms with Crippen molar-refractivity contribution in [2.24, 2.45) is 0 Å². The van der Waals surface area contributed by atoms with Gasteiger partial charge in [0.05, 0.1) is 4.88 Å². The molecule has 1 N–H and O–H groups in total. The molecule has 0 saturated carbocycles. The quantitative estimate of drug-likeness (QED) is 0.446. The van der Waals surface area contributed by atoms with Crippen molar-refractivity contribution in [2.45, 2.75) is 6.92 Å². The van der Waals surface area contributed by atoms with E-state index in [0.717, 1.165) is 16.1 Å². The average Bonchev–Trinajstić information content (AvgIpc) is 3.48. The molecule has 0 fully saturated rings. The van der Waals surface area contributed by atoms with E-state index in [-0.39, 0.29) is 11.6 Å². The molecule has 0 aliphatic rings. The maximum atomic E-state index is 13.1. The molecule has 0 aliphatic carbocycles. The normalized spacial score (nSPS) is 11.1. The van der Waals surface area contributed by atoms with Crippen molar-refractivity contribution in [2.75, 3.05) is 5.32 Å². The van der Waals surface area contributed by atoms with Gasteiger partial charge >= 0.3 is 0 Å². The zero-order valence-electron chi connectivity index (χ0n) is 15.5. The van der Waals surface area contributed by atoms with E-state index in [9.17, 15) is 4.79 Å². The van der Waals surface area contributed by atoms with E-state index in [1.54, 1.807) is 6.92 Å². The van der Waals surface area contributed by atoms with Crippen molar-refractivity contribution in [3.8, 4) is 22.0 Å². The fourth-order valence-electron chi connectivity index (χ4n) is 3.19. The van der Waals surface area contributed by atoms with Crippen LogP contribution in [0.2, 0.25) is 0 Å². The second kappa shape index (κ2) is 7.03. The van der Waals surface area contributed by atoms with Crippen LogP contribution in [0.4, 0.5) is 5.82 Å². The molecule has 0 spiro atoms. The molecule has 5 aromatic rings. The number of oxazole rings is 1. The number of aryl methyl sites for hydroxylation is 1. The summed E-state index contributed by atoms with van der Waals surface area (Å²) in [6.07, 6.45) is 1.87. The number of amides is 1. The number of nitrogens with one attached hydrogen (secondary N) is 1. The van der Waals surface area contributed by atoms with Crippen LogP contribution in [0.5, 0.6) is 0 Å². The highest BCUT2D eigenvalue weighted by Gasteiger charge is 2.22. The first kappa shape index (κ1) is 17.4. The maximum absolute atomic E-state index is 13.1. The van der Waals surface area contributed by atoms with Crippen LogP contribution < -0.4 is 5.32 Å². The van der Waals surface area contributed by atoms with E-state index in [1.165, 1.54) is 11.3 Å². The Bertz CT molecular complexity index is 1300. The Labute approximate surface area is 170 Å². The number of aromatic nitrogens is 3. The van der Waals surface area contributed by atoms with Crippen molar-refractivity contribution in [1.82, 2.24) is 14.4 Å². The van der Waals surface area contributed by atoms with Gasteiger partial charge in [0.2, 0.25) is 5.89 Å². The van der Waals surface area contributed by atoms with Gasteiger partial charge in [-0.05, 0) is 30.5 Å². The SMILES string of the molecule is Cc1oc(-c2cccs2)nc1C(=O)Nc1c(-c2ccccc2)nc2ccccn12. The Balaban J connectivity index is 1.56. The fourth-order valence-corrected chi connectivity index (χ4v) is 3.84. The third kappa shape index (κ3) is 3.11. The molecule has 0 aliphatic heterocycles. The van der Waals surface area contributed by atoms with Crippen LogP contribution in [0, 0.1) is 6.92 Å². The number of carbonyl (C=O) groups is 1. The van der Waals surface area contributed by atoms with Gasteiger partial charge < -0.3 is 9.73 Å². The Morgan fingerprint density at radius 3 is 2.66 bits per heavy atom. The lowest BCUT2D eigenvalue weighted by molar-refractivity contribution is 0.102. The molecule has 6 nitrogen and oxygen atoms in total. The number of benzene rings is 1. The highest BCUT2D eigenvalue weighted by atomic mass is 32.1. The summed E-state index contributed by atoms with van der Waals surface area (Å²) in [6.45, 7) is 1.74. The van der Waals surface area contributed by atoms with Crippen molar-refractivity contribution in [1.29, 1.82) is 0 Å². The van der Waals surface area contributed by atoms with Gasteiger partial charge in [0.15, 0.2) is 5.69 Å². The number of anilines is 1. The second-order valence-electron chi connectivity index (χ2n) is 6.46. The Kier molecular flexibility index (Phi) is 4.22. The molecule has 0 saturated heterocycles. The van der Waals surface area contributed by atoms with Crippen molar-refractivity contribution in [3.63, 3.8) is 0 Å². The second-order valence-corrected chi connectivity index (χ2v) is 7.41. The summed E-state index contributed by atoms with van der Waals surface area (Å²) in [5.41, 5.74) is 2.63. The van der Waals surface area contributed by atoms with Gasteiger partial charge in [-0.3, -0.25) is 9.20 Å². The number of imidazole rings is 1. The first-order valence-electron chi connectivity index (χ1n) is 9.06. The molecule has 0 bridgehead atoms. The molecule has 29 heavy (non-hydrogen) atoms. The molecule has 0 atom stereocenters. The Hall–Kier alpha value is -3.71. The molecule has 1 amide bonds. The van der Waals surface area contributed by atoms with Crippen molar-refractivity contribution in [3.05, 3.63) is 83.7 Å². The van der Waals surface area contributed by atoms with Crippen LogP contribution in [0.1, 0.15) is 16.2 Å². The largest absolute Gasteiger partial charge is 0.440 e. The first-order chi connectivity index (χ1) is 14.2. The minimum Gasteiger partial charge on any atom is -0.440 e. The van der Waals surface area contributed by atoms with Gasteiger partial charge in [-0.25, -0.2) is 9.97 Å². The molecular formula is C22H16N4O2S. The highest BCUT2D eigenvalue weighted by Crippen LogP contribution is 2.30. The van der Waals surface area contributed by atoms with Gasteiger partial charge in [-0.15, -0.1) is 11.3 Å². The molecule has 1 aromatic carbocycles. The molecular weight excluding hydrogens is 384 g/mol. The topological polar surface area (TPSA) is 72.4 Å². The fraction of sp³-hybridized carbons (Fsp3) is 0.0455. The summed E-state index contributed by atoms with van der Waals surface area (Å²) in [7, 11) is 0. The van der Waals surface area contributed by atoms with Gasteiger partial charge in [0.25, 0.3) is 5.91 Å². The van der Waals surface area contributed by atoms with E-state index in [1.807, 2.05) is 76.6 Å². The van der Waals surface area contributed by atoms with E-state index >= 15 is 0 Å². The summed E-state index contributed by atoms with van der Waals surface area (Å²) in [6, 6.07) is 19.3. The standard InChI is InChI=1S/C22H16N4O2S/c1-14-18(24-22(28-14)16-10-7-13-29-16)21(27)25-20-19(15-8-3-2-4-9-15)23-17-11-5-6-12-26(17)20/h2-13H,1H3,(H,25,27). The summed E-state index contributed by atoms with van der Waals surface area (Å²) in [5, 5.41) is 4.93. The summed E-state index contributed by atoms with van der Waals surface area (Å²) in [5.74, 6) is 1.18. The number of hydrogen-bond donors (Lipinski definition) is 1. The molecule has 142 valence electrons. The number of carbonyl (C=O) groups excluding carboxylic acids is 1. The van der Waals surface area contributed by atoms with Crippen LogP contribution >= 0.6 is 11.3 Å². The third-order valence-corrected chi connectivity index (χ3v) is 5.41. The lowest BCUT2D eigenvalue weighted by Gasteiger charge is -2.06. The molecule has 5 rings (SSSR count). The minimum absolute atomic E-state index is 0.262. The highest BCUT2D eigenvalue weighted by molar-refractivity contribution is 7.13. The smallest absolute Gasteiger partial charge is 0.279 e. The van der Waals surface area contributed by atoms with Crippen molar-refractivity contribution >= 4 is 28.7 Å². The van der Waals surface area contributed by atoms with Gasteiger partial charge in [-0.2, -0.15) is 0 Å². The van der Waals surface area contributed by atoms with Crippen LogP contribution in [-0.2, 0) is 0 Å². The monoisotopic (exact) mass is 400 g/mol. The molecule has 4 heterocycles. The maximum Gasteiger partial charge on any atom is 0.279 e. The molecule has 0 radical (unpaired) electrons. The minimum atomic E-state index is -0.336. The predicted molar refractivity (Wildman–Crippen MR) is 113 cm³/mol. The van der Waals surface area contributed by atoms with Crippen LogP contribution in [0.3, 0.4) is 0 Å². The number of nitrogens with zero attached hydrogens (tertiary/aromatic N) is 3. The van der Waals surface area contributed by atoms with E-state index in [2.05, 4.69) is 10.3 Å². The Morgan fingerprint density at radius 1 is 1.03 bits per heavy atom. The van der Waals surface area contributed by atoms with E-state index in [0.29, 0.717) is 23.2 Å². The molecule has 4 aromatic heterocycles. The van der Waals surface area contributed by atoms with Crippen LogP contribution in [0.15, 0.2) is 76.7 Å². The first-order valence-corrected chi connectivity index (χ1v) is 9.94. The van der Waals surface area contributed by atoms with Gasteiger partial charge in [0.1, 0.15) is 22.9 Å². The zero-order valence-corrected chi connectivity index (χ0v) is 16.3. The number of rotatable bonds is 4. The summed E-state index contributed by atoms with van der Waals surface area (Å²) in [4.78, 5) is 23.1. The molecule has 7 heteroatoms.